The van der Waals surface area contributed by atoms with Crippen molar-refractivity contribution in [3.8, 4) is 34.0 Å². The monoisotopic (exact) mass is 804 g/mol. The van der Waals surface area contributed by atoms with Gasteiger partial charge in [-0.25, -0.2) is 44.3 Å². The first kappa shape index (κ1) is 39.2. The van der Waals surface area contributed by atoms with Crippen molar-refractivity contribution in [3.05, 3.63) is 133 Å². The Morgan fingerprint density at radius 2 is 1.05 bits per heavy atom. The van der Waals surface area contributed by atoms with Gasteiger partial charge in [0, 0.05) is 85.9 Å². The zero-order chi connectivity index (χ0) is 40.0. The number of esters is 2. The lowest BCUT2D eigenvalue weighted by Crippen LogP contribution is -2.15. The number of hydrogen-bond acceptors (Lipinski definition) is 14. The fraction of sp³-hybridized carbons (Fsp3) is 0.111. The number of aromatic nitrogens is 6. The van der Waals surface area contributed by atoms with Gasteiger partial charge >= 0.3 is 11.9 Å². The van der Waals surface area contributed by atoms with E-state index < -0.39 is 43.9 Å². The van der Waals surface area contributed by atoms with Gasteiger partial charge in [-0.1, -0.05) is 0 Å². The van der Waals surface area contributed by atoms with E-state index in [-0.39, 0.29) is 68.0 Å². The maximum Gasteiger partial charge on any atom is 0.336 e. The lowest BCUT2D eigenvalue weighted by molar-refractivity contribution is -0.131. The van der Waals surface area contributed by atoms with E-state index >= 15 is 8.78 Å². The van der Waals surface area contributed by atoms with Gasteiger partial charge in [0.25, 0.3) is 20.0 Å². The van der Waals surface area contributed by atoms with E-state index in [1.807, 2.05) is 0 Å². The van der Waals surface area contributed by atoms with Gasteiger partial charge in [-0.15, -0.1) is 0 Å². The Hall–Kier alpha value is -6.48. The highest BCUT2D eigenvalue weighted by Crippen LogP contribution is 2.40. The quantitative estimate of drug-likeness (QED) is 0.0920. The summed E-state index contributed by atoms with van der Waals surface area (Å²) >= 11 is 0. The molecule has 0 aliphatic rings. The molecule has 6 heterocycles. The number of nitrogens with zero attached hydrogens (tertiary/aromatic N) is 6. The standard InChI is InChI=1S/C36H30F2N8O8S2/c1-39-17-23-21-45(55(49,50)25-7-3-13-41-19-25)31(27-9-5-15-43-35(27)37)33(23)53-29(47)11-12-30(48)54-34-24(18-40-2)22-46(32(34)28-10-6-16-44-36(28)38)56(51,52)26-8-4-14-42-20-26/h3-16,19-22,39-40H,17-18H2,1-2H3/b12-11+. The first-order valence-corrected chi connectivity index (χ1v) is 19.2. The largest absolute Gasteiger partial charge is 0.421 e. The molecule has 16 nitrogen and oxygen atoms in total. The van der Waals surface area contributed by atoms with Crippen molar-refractivity contribution in [1.29, 1.82) is 0 Å². The molecule has 20 heteroatoms. The molecular weight excluding hydrogens is 775 g/mol. The zero-order valence-electron chi connectivity index (χ0n) is 29.3. The summed E-state index contributed by atoms with van der Waals surface area (Å²) in [5.74, 6) is -5.32. The minimum Gasteiger partial charge on any atom is -0.421 e. The number of carbonyl (C=O) groups excluding carboxylic acids is 2. The molecule has 0 fully saturated rings. The Bertz CT molecular complexity index is 2490. The minimum absolute atomic E-state index is 0.0559. The van der Waals surface area contributed by atoms with Gasteiger partial charge in [-0.05, 0) is 62.6 Å². The summed E-state index contributed by atoms with van der Waals surface area (Å²) < 4.78 is 98.4. The van der Waals surface area contributed by atoms with Crippen molar-refractivity contribution in [1.82, 2.24) is 38.5 Å². The molecule has 0 spiro atoms. The van der Waals surface area contributed by atoms with Gasteiger partial charge in [-0.3, -0.25) is 9.97 Å². The van der Waals surface area contributed by atoms with E-state index in [1.165, 1.54) is 60.9 Å². The second-order valence-corrected chi connectivity index (χ2v) is 15.2. The van der Waals surface area contributed by atoms with E-state index in [0.717, 1.165) is 45.1 Å². The molecule has 56 heavy (non-hydrogen) atoms. The van der Waals surface area contributed by atoms with Crippen LogP contribution >= 0.6 is 0 Å². The molecule has 0 aliphatic heterocycles. The number of hydrogen-bond donors (Lipinski definition) is 2. The molecule has 0 radical (unpaired) electrons. The summed E-state index contributed by atoms with van der Waals surface area (Å²) in [6, 6.07) is 10.5. The average Bonchev–Trinajstić information content (AvgIpc) is 3.73. The van der Waals surface area contributed by atoms with Crippen LogP contribution in [0.2, 0.25) is 0 Å². The van der Waals surface area contributed by atoms with Gasteiger partial charge in [0.2, 0.25) is 11.9 Å². The van der Waals surface area contributed by atoms with E-state index in [2.05, 4.69) is 30.6 Å². The second-order valence-electron chi connectivity index (χ2n) is 11.6. The molecule has 2 N–H and O–H groups in total. The summed E-state index contributed by atoms with van der Waals surface area (Å²) in [7, 11) is -5.82. The summed E-state index contributed by atoms with van der Waals surface area (Å²) in [6.07, 6.45) is 10.8. The molecule has 0 atom stereocenters. The number of carbonyl (C=O) groups is 2. The number of pyridine rings is 4. The molecule has 0 aromatic carbocycles. The van der Waals surface area contributed by atoms with Gasteiger partial charge in [0.05, 0.1) is 11.1 Å². The minimum atomic E-state index is -4.45. The molecule has 6 rings (SSSR count). The number of nitrogens with one attached hydrogen (secondary N) is 2. The third kappa shape index (κ3) is 7.84. The van der Waals surface area contributed by atoms with E-state index in [1.54, 1.807) is 14.1 Å². The molecule has 0 saturated heterocycles. The van der Waals surface area contributed by atoms with Crippen LogP contribution in [0.4, 0.5) is 8.78 Å². The molecule has 288 valence electrons. The van der Waals surface area contributed by atoms with E-state index in [0.29, 0.717) is 12.2 Å². The lowest BCUT2D eigenvalue weighted by atomic mass is 10.1. The summed E-state index contributed by atoms with van der Waals surface area (Å²) in [4.78, 5) is 41.2. The molecule has 0 bridgehead atoms. The summed E-state index contributed by atoms with van der Waals surface area (Å²) in [6.45, 7) is -0.112. The van der Waals surface area contributed by atoms with Crippen molar-refractivity contribution in [2.24, 2.45) is 0 Å². The van der Waals surface area contributed by atoms with Gasteiger partial charge < -0.3 is 20.1 Å². The van der Waals surface area contributed by atoms with Crippen LogP contribution in [0.15, 0.2) is 120 Å². The van der Waals surface area contributed by atoms with Gasteiger partial charge in [-0.2, -0.15) is 8.78 Å². The SMILES string of the molecule is CNCc1cn(S(=O)(=O)c2cccnc2)c(-c2cccnc2F)c1OC(=O)/C=C/C(=O)Oc1c(CNC)cn(S(=O)(=O)c2cccnc2)c1-c1cccnc1F. The van der Waals surface area contributed by atoms with Crippen LogP contribution in [0.3, 0.4) is 0 Å². The molecule has 6 aromatic rings. The van der Waals surface area contributed by atoms with Crippen LogP contribution in [-0.2, 0) is 42.7 Å². The Morgan fingerprint density at radius 3 is 1.39 bits per heavy atom. The van der Waals surface area contributed by atoms with Gasteiger partial charge in [0.15, 0.2) is 11.5 Å². The summed E-state index contributed by atoms with van der Waals surface area (Å²) in [5.41, 5.74) is -1.20. The predicted octanol–water partition coefficient (Wildman–Crippen LogP) is 3.46. The van der Waals surface area contributed by atoms with Crippen LogP contribution in [0.5, 0.6) is 11.5 Å². The topological polar surface area (TPSA) is 206 Å². The molecule has 0 saturated carbocycles. The molecular formula is C36H30F2N8O8S2. The van der Waals surface area contributed by atoms with Crippen LogP contribution in [0, 0.1) is 11.9 Å². The number of halogens is 2. The smallest absolute Gasteiger partial charge is 0.336 e. The van der Waals surface area contributed by atoms with Crippen molar-refractivity contribution in [3.63, 3.8) is 0 Å². The maximum atomic E-state index is 15.2. The Balaban J connectivity index is 1.39. The fourth-order valence-corrected chi connectivity index (χ4v) is 8.23. The Morgan fingerprint density at radius 1 is 0.661 bits per heavy atom. The first-order chi connectivity index (χ1) is 26.9. The van der Waals surface area contributed by atoms with Crippen LogP contribution < -0.4 is 20.1 Å². The molecule has 0 unspecified atom stereocenters. The van der Waals surface area contributed by atoms with Crippen molar-refractivity contribution in [2.75, 3.05) is 14.1 Å². The van der Waals surface area contributed by atoms with Crippen LogP contribution in [-0.4, -0.2) is 70.8 Å². The number of ether oxygens (including phenoxy) is 2. The second kappa shape index (κ2) is 16.5. The maximum absolute atomic E-state index is 15.2. The van der Waals surface area contributed by atoms with Crippen molar-refractivity contribution < 1.29 is 44.7 Å². The van der Waals surface area contributed by atoms with Crippen molar-refractivity contribution in [2.45, 2.75) is 22.9 Å². The highest BCUT2D eigenvalue weighted by molar-refractivity contribution is 7.90. The summed E-state index contributed by atoms with van der Waals surface area (Å²) in [5, 5.41) is 5.67. The van der Waals surface area contributed by atoms with Crippen LogP contribution in [0.1, 0.15) is 11.1 Å². The van der Waals surface area contributed by atoms with E-state index in [9.17, 15) is 26.4 Å². The fourth-order valence-electron chi connectivity index (χ4n) is 5.51. The Labute approximate surface area is 318 Å². The molecule has 0 amide bonds. The highest BCUT2D eigenvalue weighted by atomic mass is 32.2. The lowest BCUT2D eigenvalue weighted by Gasteiger charge is -2.13. The average molecular weight is 805 g/mol. The predicted molar refractivity (Wildman–Crippen MR) is 195 cm³/mol. The third-order valence-corrected chi connectivity index (χ3v) is 11.2. The zero-order valence-corrected chi connectivity index (χ0v) is 31.0. The molecule has 6 aromatic heterocycles. The first-order valence-electron chi connectivity index (χ1n) is 16.3. The Kier molecular flexibility index (Phi) is 11.5. The van der Waals surface area contributed by atoms with Gasteiger partial charge in [0.1, 0.15) is 21.2 Å². The normalized spacial score (nSPS) is 11.9. The number of rotatable bonds is 14. The highest BCUT2D eigenvalue weighted by Gasteiger charge is 2.32. The van der Waals surface area contributed by atoms with Crippen molar-refractivity contribution >= 4 is 32.0 Å². The molecule has 0 aliphatic carbocycles. The van der Waals surface area contributed by atoms with Crippen LogP contribution in [0.25, 0.3) is 22.5 Å². The van der Waals surface area contributed by atoms with E-state index in [4.69, 9.17) is 9.47 Å². The third-order valence-electron chi connectivity index (χ3n) is 7.91.